The lowest BCUT2D eigenvalue weighted by atomic mass is 10.0. The Kier molecular flexibility index (Phi) is 6.64. The number of aromatic nitrogens is 5. The van der Waals surface area contributed by atoms with Crippen molar-refractivity contribution in [3.63, 3.8) is 0 Å². The third-order valence-corrected chi connectivity index (χ3v) is 6.74. The average molecular weight is 493 g/mol. The summed E-state index contributed by atoms with van der Waals surface area (Å²) in [6.45, 7) is 12.3. The third-order valence-electron chi connectivity index (χ3n) is 6.06. The molecule has 5 rings (SSSR count). The Labute approximate surface area is 214 Å². The summed E-state index contributed by atoms with van der Waals surface area (Å²) in [6.07, 6.45) is 11.6. The lowest BCUT2D eigenvalue weighted by Gasteiger charge is -2.11. The van der Waals surface area contributed by atoms with E-state index >= 15 is 0 Å². The van der Waals surface area contributed by atoms with Gasteiger partial charge in [-0.1, -0.05) is 38.6 Å². The SMILES string of the molecule is C=C/C(=C\C(=C/C)c1ccc2[nH]nc(-c3nc4c(-c5ccsc5)cncc4[nH]3)c2c1)NC(=C)CCC. The monoisotopic (exact) mass is 492 g/mol. The summed E-state index contributed by atoms with van der Waals surface area (Å²) >= 11 is 1.66. The van der Waals surface area contributed by atoms with Gasteiger partial charge < -0.3 is 10.3 Å². The van der Waals surface area contributed by atoms with Gasteiger partial charge in [0, 0.05) is 28.5 Å². The number of hydrogen-bond acceptors (Lipinski definition) is 5. The molecule has 7 heteroatoms. The van der Waals surface area contributed by atoms with E-state index in [-0.39, 0.29) is 0 Å². The van der Waals surface area contributed by atoms with Crippen LogP contribution in [0.15, 0.2) is 90.2 Å². The molecular formula is C29H28N6S. The molecule has 0 saturated carbocycles. The van der Waals surface area contributed by atoms with Crippen molar-refractivity contribution < 1.29 is 0 Å². The fourth-order valence-corrected chi connectivity index (χ4v) is 4.92. The molecule has 0 spiro atoms. The summed E-state index contributed by atoms with van der Waals surface area (Å²) < 4.78 is 0. The number of rotatable bonds is 9. The highest BCUT2D eigenvalue weighted by Gasteiger charge is 2.16. The topological polar surface area (TPSA) is 82.3 Å². The predicted molar refractivity (Wildman–Crippen MR) is 151 cm³/mol. The van der Waals surface area contributed by atoms with Gasteiger partial charge >= 0.3 is 0 Å². The summed E-state index contributed by atoms with van der Waals surface area (Å²) in [5.74, 6) is 0.708. The van der Waals surface area contributed by atoms with E-state index in [1.807, 2.05) is 19.2 Å². The van der Waals surface area contributed by atoms with Crippen molar-refractivity contribution in [1.82, 2.24) is 30.5 Å². The van der Waals surface area contributed by atoms with Crippen LogP contribution in [0, 0.1) is 0 Å². The predicted octanol–water partition coefficient (Wildman–Crippen LogP) is 7.61. The van der Waals surface area contributed by atoms with Crippen LogP contribution in [0.4, 0.5) is 0 Å². The zero-order valence-corrected chi connectivity index (χ0v) is 21.2. The Bertz CT molecular complexity index is 1610. The van der Waals surface area contributed by atoms with Gasteiger partial charge in [-0.25, -0.2) is 4.98 Å². The Balaban J connectivity index is 1.54. The molecule has 0 bridgehead atoms. The van der Waals surface area contributed by atoms with Crippen molar-refractivity contribution in [2.45, 2.75) is 26.7 Å². The lowest BCUT2D eigenvalue weighted by Crippen LogP contribution is -2.10. The van der Waals surface area contributed by atoms with E-state index in [1.54, 1.807) is 17.5 Å². The summed E-state index contributed by atoms with van der Waals surface area (Å²) in [4.78, 5) is 12.8. The van der Waals surface area contributed by atoms with E-state index in [1.165, 1.54) is 0 Å². The minimum Gasteiger partial charge on any atom is -0.359 e. The molecule has 3 N–H and O–H groups in total. The first-order chi connectivity index (χ1) is 17.6. The van der Waals surface area contributed by atoms with Gasteiger partial charge in [0.25, 0.3) is 0 Å². The minimum absolute atomic E-state index is 0.708. The molecule has 0 aliphatic heterocycles. The number of fused-ring (bicyclic) bond motifs is 2. The van der Waals surface area contributed by atoms with Gasteiger partial charge in [0.05, 0.1) is 17.2 Å². The van der Waals surface area contributed by atoms with Crippen LogP contribution >= 0.6 is 11.3 Å². The Morgan fingerprint density at radius 2 is 2.08 bits per heavy atom. The average Bonchev–Trinajstić information content (AvgIpc) is 3.65. The van der Waals surface area contributed by atoms with Gasteiger partial charge in [0.15, 0.2) is 5.82 Å². The summed E-state index contributed by atoms with van der Waals surface area (Å²) in [5.41, 5.74) is 9.66. The van der Waals surface area contributed by atoms with Gasteiger partial charge in [-0.15, -0.1) is 0 Å². The first kappa shape index (κ1) is 23.5. The van der Waals surface area contributed by atoms with Crippen molar-refractivity contribution in [2.24, 2.45) is 0 Å². The second-order valence-corrected chi connectivity index (χ2v) is 9.32. The van der Waals surface area contributed by atoms with Crippen LogP contribution in [0.3, 0.4) is 0 Å². The second-order valence-electron chi connectivity index (χ2n) is 8.54. The molecule has 0 aliphatic carbocycles. The Morgan fingerprint density at radius 1 is 1.19 bits per heavy atom. The maximum atomic E-state index is 4.93. The summed E-state index contributed by atoms with van der Waals surface area (Å²) in [5, 5.41) is 16.3. The van der Waals surface area contributed by atoms with Crippen LogP contribution in [-0.4, -0.2) is 25.1 Å². The normalized spacial score (nSPS) is 12.4. The Hall–Kier alpha value is -4.23. The number of nitrogens with one attached hydrogen (secondary N) is 3. The third kappa shape index (κ3) is 4.53. The first-order valence-electron chi connectivity index (χ1n) is 11.9. The minimum atomic E-state index is 0.708. The number of imidazole rings is 1. The Morgan fingerprint density at radius 3 is 2.83 bits per heavy atom. The van der Waals surface area contributed by atoms with Crippen molar-refractivity contribution >= 4 is 38.8 Å². The molecule has 0 atom stereocenters. The molecule has 4 aromatic heterocycles. The molecule has 0 aliphatic rings. The quantitative estimate of drug-likeness (QED) is 0.185. The van der Waals surface area contributed by atoms with E-state index in [9.17, 15) is 0 Å². The van der Waals surface area contributed by atoms with Crippen molar-refractivity contribution in [1.29, 1.82) is 0 Å². The van der Waals surface area contributed by atoms with E-state index in [0.29, 0.717) is 5.82 Å². The number of pyridine rings is 1. The van der Waals surface area contributed by atoms with Crippen LogP contribution in [0.5, 0.6) is 0 Å². The molecule has 5 aromatic rings. The van der Waals surface area contributed by atoms with E-state index < -0.39 is 0 Å². The number of H-pyrrole nitrogens is 2. The van der Waals surface area contributed by atoms with Gasteiger partial charge in [0.1, 0.15) is 11.2 Å². The number of hydrogen-bond donors (Lipinski definition) is 3. The smallest absolute Gasteiger partial charge is 0.159 e. The highest BCUT2D eigenvalue weighted by Crippen LogP contribution is 2.33. The molecule has 180 valence electrons. The molecular weight excluding hydrogens is 464 g/mol. The molecule has 4 heterocycles. The first-order valence-corrected chi connectivity index (χ1v) is 12.9. The van der Waals surface area contributed by atoms with Gasteiger partial charge in [-0.2, -0.15) is 16.4 Å². The van der Waals surface area contributed by atoms with Gasteiger partial charge in [0.2, 0.25) is 0 Å². The van der Waals surface area contributed by atoms with Gasteiger partial charge in [-0.05, 0) is 71.2 Å². The van der Waals surface area contributed by atoms with Crippen molar-refractivity contribution in [3.05, 3.63) is 95.8 Å². The summed E-state index contributed by atoms with van der Waals surface area (Å²) in [7, 11) is 0. The molecule has 0 fully saturated rings. The molecule has 6 nitrogen and oxygen atoms in total. The lowest BCUT2D eigenvalue weighted by molar-refractivity contribution is 0.829. The number of thiophene rings is 1. The highest BCUT2D eigenvalue weighted by molar-refractivity contribution is 7.08. The van der Waals surface area contributed by atoms with Gasteiger partial charge in [-0.3, -0.25) is 10.1 Å². The fourth-order valence-electron chi connectivity index (χ4n) is 4.26. The fraction of sp³-hybridized carbons (Fsp3) is 0.138. The maximum absolute atomic E-state index is 4.93. The van der Waals surface area contributed by atoms with Crippen LogP contribution in [0.2, 0.25) is 0 Å². The van der Waals surface area contributed by atoms with Crippen LogP contribution in [-0.2, 0) is 0 Å². The van der Waals surface area contributed by atoms with E-state index in [2.05, 4.69) is 92.7 Å². The summed E-state index contributed by atoms with van der Waals surface area (Å²) in [6, 6.07) is 8.38. The maximum Gasteiger partial charge on any atom is 0.159 e. The molecule has 1 aromatic carbocycles. The molecule has 0 amide bonds. The molecule has 36 heavy (non-hydrogen) atoms. The van der Waals surface area contributed by atoms with E-state index in [0.717, 1.165) is 74.1 Å². The number of aromatic amines is 2. The van der Waals surface area contributed by atoms with Crippen molar-refractivity contribution in [3.8, 4) is 22.6 Å². The number of benzene rings is 1. The molecule has 0 saturated heterocycles. The second kappa shape index (κ2) is 10.2. The largest absolute Gasteiger partial charge is 0.359 e. The standard InChI is InChI=1S/C29H28N6S/c1-5-8-18(4)31-22(7-3)13-19(6-2)20-9-10-25-23(14-20)28(35-34-25)29-32-26-16-30-15-24(27(26)33-29)21-11-12-36-17-21/h6-7,9-17,31H,3-5,8H2,1-2H3,(H,32,33)(H,34,35)/b19-6+,22-13+. The zero-order chi connectivity index (χ0) is 25.1. The van der Waals surface area contributed by atoms with Crippen LogP contribution in [0.25, 0.3) is 50.2 Å². The molecule has 0 radical (unpaired) electrons. The van der Waals surface area contributed by atoms with E-state index in [4.69, 9.17) is 4.98 Å². The molecule has 0 unspecified atom stereocenters. The van der Waals surface area contributed by atoms with Crippen LogP contribution < -0.4 is 5.32 Å². The van der Waals surface area contributed by atoms with Crippen LogP contribution in [0.1, 0.15) is 32.3 Å². The number of allylic oxidation sites excluding steroid dienone is 5. The number of nitrogens with zero attached hydrogens (tertiary/aromatic N) is 3. The zero-order valence-electron chi connectivity index (χ0n) is 20.4. The van der Waals surface area contributed by atoms with Crippen molar-refractivity contribution in [2.75, 3.05) is 0 Å². The highest BCUT2D eigenvalue weighted by atomic mass is 32.1.